The molecule has 1 aromatic rings. The zero-order chi connectivity index (χ0) is 16.8. The highest BCUT2D eigenvalue weighted by atomic mass is 35.5. The fraction of sp³-hybridized carbons (Fsp3) is 0.529. The van der Waals surface area contributed by atoms with Crippen molar-refractivity contribution in [2.45, 2.75) is 44.5 Å². The third-order valence-corrected chi connectivity index (χ3v) is 4.04. The van der Waals surface area contributed by atoms with Gasteiger partial charge in [0.25, 0.3) is 0 Å². The Labute approximate surface area is 142 Å². The van der Waals surface area contributed by atoms with Crippen molar-refractivity contribution < 1.29 is 9.59 Å². The van der Waals surface area contributed by atoms with Crippen LogP contribution in [0, 0.1) is 0 Å². The first-order valence-electron chi connectivity index (χ1n) is 8.05. The van der Waals surface area contributed by atoms with E-state index in [2.05, 4.69) is 21.6 Å². The van der Waals surface area contributed by atoms with E-state index in [4.69, 9.17) is 11.6 Å². The Bertz CT molecular complexity index is 557. The lowest BCUT2D eigenvalue weighted by atomic mass is 10.2. The van der Waals surface area contributed by atoms with Gasteiger partial charge in [-0.05, 0) is 44.9 Å². The predicted octanol–water partition coefficient (Wildman–Crippen LogP) is 2.75. The lowest BCUT2D eigenvalue weighted by Crippen LogP contribution is -2.38. The molecule has 1 heterocycles. The molecule has 2 rings (SSSR count). The number of hydrogen-bond donors (Lipinski definition) is 2. The number of amides is 2. The van der Waals surface area contributed by atoms with Crippen LogP contribution in [-0.4, -0.2) is 36.3 Å². The molecule has 1 aromatic carbocycles. The number of carbonyl (C=O) groups excluding carboxylic acids is 2. The maximum atomic E-state index is 12.1. The van der Waals surface area contributed by atoms with Crippen LogP contribution in [0.4, 0.5) is 11.4 Å². The number of nitrogens with one attached hydrogen (secondary N) is 2. The Kier molecular flexibility index (Phi) is 6.28. The van der Waals surface area contributed by atoms with Crippen LogP contribution in [0.15, 0.2) is 24.3 Å². The first-order chi connectivity index (χ1) is 11.0. The first kappa shape index (κ1) is 17.6. The van der Waals surface area contributed by atoms with Gasteiger partial charge in [-0.2, -0.15) is 0 Å². The molecule has 1 aliphatic heterocycles. The van der Waals surface area contributed by atoms with E-state index in [1.54, 1.807) is 13.8 Å². The molecule has 1 saturated heterocycles. The van der Waals surface area contributed by atoms with Crippen molar-refractivity contribution in [1.82, 2.24) is 5.32 Å². The topological polar surface area (TPSA) is 61.4 Å². The minimum Gasteiger partial charge on any atom is -0.371 e. The number of benzene rings is 1. The summed E-state index contributed by atoms with van der Waals surface area (Å²) < 4.78 is 0. The SMILES string of the molecule is CC(CC(=O)Nc1cccc(N2CCCC2)c1)NC(=O)C(C)Cl. The molecule has 0 bridgehead atoms. The van der Waals surface area contributed by atoms with Gasteiger partial charge in [0.2, 0.25) is 11.8 Å². The van der Waals surface area contributed by atoms with Gasteiger partial charge in [-0.3, -0.25) is 9.59 Å². The van der Waals surface area contributed by atoms with Gasteiger partial charge in [-0.1, -0.05) is 6.07 Å². The summed E-state index contributed by atoms with van der Waals surface area (Å²) in [6.45, 7) is 5.53. The van der Waals surface area contributed by atoms with Crippen LogP contribution in [0.3, 0.4) is 0 Å². The van der Waals surface area contributed by atoms with Crippen molar-refractivity contribution in [3.05, 3.63) is 24.3 Å². The molecule has 1 aliphatic rings. The highest BCUT2D eigenvalue weighted by Crippen LogP contribution is 2.23. The molecule has 0 aliphatic carbocycles. The summed E-state index contributed by atoms with van der Waals surface area (Å²) in [5.74, 6) is -0.387. The molecule has 0 aromatic heterocycles. The second-order valence-electron chi connectivity index (χ2n) is 6.02. The maximum absolute atomic E-state index is 12.1. The number of carbonyl (C=O) groups is 2. The smallest absolute Gasteiger partial charge is 0.237 e. The normalized spacial score (nSPS) is 16.7. The van der Waals surface area contributed by atoms with Gasteiger partial charge in [-0.15, -0.1) is 11.6 Å². The minimum atomic E-state index is -0.599. The fourth-order valence-electron chi connectivity index (χ4n) is 2.65. The van der Waals surface area contributed by atoms with E-state index in [1.807, 2.05) is 18.2 Å². The summed E-state index contributed by atoms with van der Waals surface area (Å²) in [5.41, 5.74) is 1.92. The predicted molar refractivity (Wildman–Crippen MR) is 94.1 cm³/mol. The van der Waals surface area contributed by atoms with E-state index in [0.29, 0.717) is 0 Å². The second-order valence-corrected chi connectivity index (χ2v) is 6.68. The molecule has 0 saturated carbocycles. The quantitative estimate of drug-likeness (QED) is 0.785. The van der Waals surface area contributed by atoms with Crippen LogP contribution in [0.1, 0.15) is 33.1 Å². The van der Waals surface area contributed by atoms with Crippen molar-refractivity contribution in [1.29, 1.82) is 0 Å². The van der Waals surface area contributed by atoms with Gasteiger partial charge in [0, 0.05) is 36.9 Å². The van der Waals surface area contributed by atoms with Crippen LogP contribution < -0.4 is 15.5 Å². The van der Waals surface area contributed by atoms with Gasteiger partial charge in [-0.25, -0.2) is 0 Å². The van der Waals surface area contributed by atoms with Crippen molar-refractivity contribution in [2.75, 3.05) is 23.3 Å². The molecule has 5 nitrogen and oxygen atoms in total. The fourth-order valence-corrected chi connectivity index (χ4v) is 2.72. The molecular weight excluding hydrogens is 314 g/mol. The monoisotopic (exact) mass is 337 g/mol. The lowest BCUT2D eigenvalue weighted by molar-refractivity contribution is -0.121. The van der Waals surface area contributed by atoms with Crippen molar-refractivity contribution in [3.63, 3.8) is 0 Å². The number of hydrogen-bond acceptors (Lipinski definition) is 3. The number of nitrogens with zero attached hydrogens (tertiary/aromatic N) is 1. The lowest BCUT2D eigenvalue weighted by Gasteiger charge is -2.19. The van der Waals surface area contributed by atoms with E-state index < -0.39 is 5.38 Å². The Hall–Kier alpha value is -1.75. The molecule has 2 amide bonds. The Morgan fingerprint density at radius 1 is 1.26 bits per heavy atom. The molecule has 1 fully saturated rings. The molecular formula is C17H24ClN3O2. The minimum absolute atomic E-state index is 0.126. The average Bonchev–Trinajstić information content (AvgIpc) is 3.01. The van der Waals surface area contributed by atoms with Crippen LogP contribution in [-0.2, 0) is 9.59 Å². The summed E-state index contributed by atoms with van der Waals surface area (Å²) in [4.78, 5) is 25.9. The highest BCUT2D eigenvalue weighted by Gasteiger charge is 2.16. The van der Waals surface area contributed by atoms with Crippen LogP contribution in [0.25, 0.3) is 0 Å². The standard InChI is InChI=1S/C17H24ClN3O2/c1-12(19-17(23)13(2)18)10-16(22)20-14-6-5-7-15(11-14)21-8-3-4-9-21/h5-7,11-13H,3-4,8-10H2,1-2H3,(H,19,23)(H,20,22). The van der Waals surface area contributed by atoms with Crippen molar-refractivity contribution in [3.8, 4) is 0 Å². The molecule has 0 spiro atoms. The largest absolute Gasteiger partial charge is 0.371 e. The van der Waals surface area contributed by atoms with E-state index in [0.717, 1.165) is 24.5 Å². The highest BCUT2D eigenvalue weighted by molar-refractivity contribution is 6.30. The number of rotatable bonds is 6. The van der Waals surface area contributed by atoms with E-state index >= 15 is 0 Å². The molecule has 2 N–H and O–H groups in total. The third kappa shape index (κ3) is 5.43. The second kappa shape index (κ2) is 8.20. The number of anilines is 2. The van der Waals surface area contributed by atoms with E-state index in [-0.39, 0.29) is 24.3 Å². The van der Waals surface area contributed by atoms with Gasteiger partial charge < -0.3 is 15.5 Å². The maximum Gasteiger partial charge on any atom is 0.237 e. The summed E-state index contributed by atoms with van der Waals surface area (Å²) in [6, 6.07) is 7.62. The molecule has 2 atom stereocenters. The van der Waals surface area contributed by atoms with Crippen LogP contribution in [0.5, 0.6) is 0 Å². The molecule has 0 radical (unpaired) electrons. The summed E-state index contributed by atoms with van der Waals surface area (Å²) in [7, 11) is 0. The van der Waals surface area contributed by atoms with Crippen molar-refractivity contribution in [2.24, 2.45) is 0 Å². The molecule has 126 valence electrons. The van der Waals surface area contributed by atoms with Gasteiger partial charge in [0.15, 0.2) is 0 Å². The Morgan fingerprint density at radius 2 is 1.96 bits per heavy atom. The zero-order valence-electron chi connectivity index (χ0n) is 13.6. The Balaban J connectivity index is 1.87. The molecule has 2 unspecified atom stereocenters. The third-order valence-electron chi connectivity index (χ3n) is 3.84. The van der Waals surface area contributed by atoms with Gasteiger partial charge >= 0.3 is 0 Å². The summed E-state index contributed by atoms with van der Waals surface area (Å²) in [6.07, 6.45) is 2.64. The average molecular weight is 338 g/mol. The number of alkyl halides is 1. The zero-order valence-corrected chi connectivity index (χ0v) is 14.4. The van der Waals surface area contributed by atoms with E-state index in [9.17, 15) is 9.59 Å². The van der Waals surface area contributed by atoms with Gasteiger partial charge in [0.05, 0.1) is 0 Å². The first-order valence-corrected chi connectivity index (χ1v) is 8.48. The van der Waals surface area contributed by atoms with Gasteiger partial charge in [0.1, 0.15) is 5.38 Å². The van der Waals surface area contributed by atoms with Crippen LogP contribution in [0.2, 0.25) is 0 Å². The summed E-state index contributed by atoms with van der Waals surface area (Å²) in [5, 5.41) is 5.00. The van der Waals surface area contributed by atoms with Crippen molar-refractivity contribution >= 4 is 34.8 Å². The molecule has 6 heteroatoms. The van der Waals surface area contributed by atoms with Crippen LogP contribution >= 0.6 is 11.6 Å². The summed E-state index contributed by atoms with van der Waals surface area (Å²) >= 11 is 5.70. The number of halogens is 1. The molecule has 23 heavy (non-hydrogen) atoms. The Morgan fingerprint density at radius 3 is 2.61 bits per heavy atom. The van der Waals surface area contributed by atoms with E-state index in [1.165, 1.54) is 12.8 Å².